The Hall–Kier alpha value is -2.28. The summed E-state index contributed by atoms with van der Waals surface area (Å²) in [6.45, 7) is 0. The average Bonchev–Trinajstić information content (AvgIpc) is 2.59. The highest BCUT2D eigenvalue weighted by Crippen LogP contribution is 2.50. The van der Waals surface area contributed by atoms with Crippen LogP contribution in [0.15, 0.2) is 87.5 Å². The number of nitrogens with zero attached hydrogens (tertiary/aromatic N) is 1. The summed E-state index contributed by atoms with van der Waals surface area (Å²) in [5.41, 5.74) is 2.92. The van der Waals surface area contributed by atoms with Crippen molar-refractivity contribution < 1.29 is 13.0 Å². The normalized spacial score (nSPS) is 13.3. The number of hydrogen-bond donors (Lipinski definition) is 1. The van der Waals surface area contributed by atoms with Crippen molar-refractivity contribution in [2.24, 2.45) is 0 Å². The first kappa shape index (κ1) is 15.3. The quantitative estimate of drug-likeness (QED) is 0.520. The first-order valence-electron chi connectivity index (χ1n) is 7.28. The lowest BCUT2D eigenvalue weighted by Gasteiger charge is -2.32. The van der Waals surface area contributed by atoms with E-state index in [1.807, 2.05) is 36.4 Å². The largest absolute Gasteiger partial charge is 0.308 e. The number of rotatable bonds is 2. The Labute approximate surface area is 144 Å². The Balaban J connectivity index is 1.89. The zero-order valence-corrected chi connectivity index (χ0v) is 14.1. The van der Waals surface area contributed by atoms with Crippen molar-refractivity contribution in [2.45, 2.75) is 14.7 Å². The fourth-order valence-corrected chi connectivity index (χ4v) is 4.29. The Morgan fingerprint density at radius 2 is 1.25 bits per heavy atom. The molecular formula is C18H13NO3S2. The summed E-state index contributed by atoms with van der Waals surface area (Å²) in [5, 5.41) is 0. The van der Waals surface area contributed by atoms with Crippen LogP contribution in [-0.2, 0) is 10.1 Å². The van der Waals surface area contributed by atoms with E-state index >= 15 is 0 Å². The lowest BCUT2D eigenvalue weighted by Crippen LogP contribution is -2.14. The number of fused-ring (bicyclic) bond motifs is 2. The molecule has 1 heterocycles. The maximum atomic E-state index is 11.3. The Morgan fingerprint density at radius 1 is 0.750 bits per heavy atom. The summed E-state index contributed by atoms with van der Waals surface area (Å²) in [4.78, 5) is 4.25. The molecule has 0 radical (unpaired) electrons. The van der Waals surface area contributed by atoms with Gasteiger partial charge in [-0.3, -0.25) is 4.55 Å². The molecule has 0 saturated heterocycles. The lowest BCUT2D eigenvalue weighted by atomic mass is 10.2. The van der Waals surface area contributed by atoms with E-state index in [1.165, 1.54) is 12.1 Å². The fraction of sp³-hybridized carbons (Fsp3) is 0. The molecule has 0 aliphatic carbocycles. The van der Waals surface area contributed by atoms with Gasteiger partial charge in [0.05, 0.1) is 16.3 Å². The monoisotopic (exact) mass is 355 g/mol. The van der Waals surface area contributed by atoms with Crippen LogP contribution in [0.25, 0.3) is 0 Å². The van der Waals surface area contributed by atoms with Crippen LogP contribution in [0, 0.1) is 0 Å². The molecule has 1 N–H and O–H groups in total. The molecule has 0 bridgehead atoms. The Kier molecular flexibility index (Phi) is 3.60. The van der Waals surface area contributed by atoms with Gasteiger partial charge in [0, 0.05) is 15.5 Å². The molecule has 1 aliphatic rings. The van der Waals surface area contributed by atoms with E-state index in [9.17, 15) is 8.42 Å². The van der Waals surface area contributed by atoms with Crippen LogP contribution in [-0.4, -0.2) is 13.0 Å². The van der Waals surface area contributed by atoms with Gasteiger partial charge < -0.3 is 4.90 Å². The van der Waals surface area contributed by atoms with Gasteiger partial charge >= 0.3 is 0 Å². The third-order valence-corrected chi connectivity index (χ3v) is 5.82. The average molecular weight is 355 g/mol. The topological polar surface area (TPSA) is 57.6 Å². The van der Waals surface area contributed by atoms with Crippen LogP contribution in [0.5, 0.6) is 0 Å². The molecule has 4 rings (SSSR count). The maximum Gasteiger partial charge on any atom is 0.294 e. The van der Waals surface area contributed by atoms with Gasteiger partial charge in [-0.1, -0.05) is 36.0 Å². The van der Waals surface area contributed by atoms with E-state index in [0.29, 0.717) is 0 Å². The second-order valence-electron chi connectivity index (χ2n) is 5.34. The molecule has 0 amide bonds. The molecular weight excluding hydrogens is 342 g/mol. The van der Waals surface area contributed by atoms with Crippen LogP contribution < -0.4 is 4.90 Å². The number of anilines is 3. The third kappa shape index (κ3) is 2.58. The van der Waals surface area contributed by atoms with Crippen LogP contribution in [0.2, 0.25) is 0 Å². The van der Waals surface area contributed by atoms with Gasteiger partial charge in [0.2, 0.25) is 0 Å². The molecule has 0 fully saturated rings. The van der Waals surface area contributed by atoms with E-state index in [0.717, 1.165) is 26.9 Å². The first-order chi connectivity index (χ1) is 11.5. The summed E-state index contributed by atoms with van der Waals surface area (Å²) in [6, 6.07) is 22.4. The van der Waals surface area contributed by atoms with Crippen molar-refractivity contribution in [2.75, 3.05) is 4.90 Å². The highest BCUT2D eigenvalue weighted by molar-refractivity contribution is 7.99. The lowest BCUT2D eigenvalue weighted by molar-refractivity contribution is 0.483. The zero-order chi connectivity index (χ0) is 16.7. The van der Waals surface area contributed by atoms with Crippen LogP contribution in [0.4, 0.5) is 17.1 Å². The summed E-state index contributed by atoms with van der Waals surface area (Å²) in [5.74, 6) is 0. The molecule has 0 atom stereocenters. The van der Waals surface area contributed by atoms with E-state index < -0.39 is 10.1 Å². The van der Waals surface area contributed by atoms with Gasteiger partial charge in [-0.2, -0.15) is 8.42 Å². The second kappa shape index (κ2) is 5.66. The van der Waals surface area contributed by atoms with E-state index in [-0.39, 0.29) is 4.90 Å². The van der Waals surface area contributed by atoms with E-state index in [4.69, 9.17) is 4.55 Å². The van der Waals surface area contributed by atoms with Crippen molar-refractivity contribution >= 4 is 38.9 Å². The van der Waals surface area contributed by atoms with Crippen molar-refractivity contribution in [1.29, 1.82) is 0 Å². The molecule has 4 nitrogen and oxygen atoms in total. The minimum atomic E-state index is -4.19. The molecule has 0 spiro atoms. The maximum absolute atomic E-state index is 11.3. The predicted octanol–water partition coefficient (Wildman–Crippen LogP) is 4.87. The number of benzene rings is 3. The van der Waals surface area contributed by atoms with Gasteiger partial charge in [0.15, 0.2) is 0 Å². The molecule has 1 aliphatic heterocycles. The number of para-hydroxylation sites is 2. The number of hydrogen-bond acceptors (Lipinski definition) is 4. The Bertz CT molecular complexity index is 969. The first-order valence-corrected chi connectivity index (χ1v) is 9.53. The predicted molar refractivity (Wildman–Crippen MR) is 95.1 cm³/mol. The van der Waals surface area contributed by atoms with Crippen LogP contribution >= 0.6 is 11.8 Å². The van der Waals surface area contributed by atoms with Gasteiger partial charge in [-0.15, -0.1) is 0 Å². The summed E-state index contributed by atoms with van der Waals surface area (Å²) >= 11 is 1.71. The third-order valence-electron chi connectivity index (χ3n) is 3.83. The summed E-state index contributed by atoms with van der Waals surface area (Å²) < 4.78 is 31.7. The second-order valence-corrected chi connectivity index (χ2v) is 7.85. The minimum absolute atomic E-state index is 0.112. The van der Waals surface area contributed by atoms with E-state index in [2.05, 4.69) is 17.0 Å². The van der Waals surface area contributed by atoms with Crippen molar-refractivity contribution in [3.63, 3.8) is 0 Å². The molecule has 0 saturated carbocycles. The fourth-order valence-electron chi connectivity index (χ4n) is 2.75. The van der Waals surface area contributed by atoms with Gasteiger partial charge in [-0.25, -0.2) is 0 Å². The van der Waals surface area contributed by atoms with Crippen molar-refractivity contribution in [3.05, 3.63) is 72.8 Å². The van der Waals surface area contributed by atoms with Crippen LogP contribution in [0.3, 0.4) is 0 Å². The summed E-state index contributed by atoms with van der Waals surface area (Å²) in [6.07, 6.45) is 0. The minimum Gasteiger partial charge on any atom is -0.308 e. The van der Waals surface area contributed by atoms with Gasteiger partial charge in [-0.05, 0) is 48.5 Å². The van der Waals surface area contributed by atoms with Crippen molar-refractivity contribution in [3.8, 4) is 0 Å². The smallest absolute Gasteiger partial charge is 0.294 e. The molecule has 0 aromatic heterocycles. The highest BCUT2D eigenvalue weighted by Gasteiger charge is 2.24. The van der Waals surface area contributed by atoms with E-state index in [1.54, 1.807) is 23.9 Å². The molecule has 120 valence electrons. The van der Waals surface area contributed by atoms with Crippen molar-refractivity contribution in [1.82, 2.24) is 0 Å². The standard InChI is InChI=1S/C18H13NO3S2/c20-24(21,22)14-11-9-13(10-12-14)19-15-5-1-3-7-17(15)23-18-8-4-2-6-16(18)19/h1-12H,(H,20,21,22). The molecule has 3 aromatic rings. The Morgan fingerprint density at radius 3 is 1.75 bits per heavy atom. The summed E-state index contributed by atoms with van der Waals surface area (Å²) in [7, 11) is -4.19. The molecule has 6 heteroatoms. The SMILES string of the molecule is O=S(=O)(O)c1ccc(N2c3ccccc3Sc3ccccc32)cc1. The molecule has 24 heavy (non-hydrogen) atoms. The zero-order valence-electron chi connectivity index (χ0n) is 12.5. The molecule has 0 unspecified atom stereocenters. The molecule has 3 aromatic carbocycles. The van der Waals surface area contributed by atoms with Gasteiger partial charge in [0.1, 0.15) is 0 Å². The van der Waals surface area contributed by atoms with Crippen LogP contribution in [0.1, 0.15) is 0 Å². The highest BCUT2D eigenvalue weighted by atomic mass is 32.2. The van der Waals surface area contributed by atoms with Gasteiger partial charge in [0.25, 0.3) is 10.1 Å².